The lowest BCUT2D eigenvalue weighted by Crippen LogP contribution is -2.27. The molecule has 2 heterocycles. The molecular weight excluding hydrogens is 454 g/mol. The van der Waals surface area contributed by atoms with Crippen LogP contribution in [0.3, 0.4) is 0 Å². The van der Waals surface area contributed by atoms with Crippen molar-refractivity contribution in [1.29, 1.82) is 0 Å². The van der Waals surface area contributed by atoms with Gasteiger partial charge in [0.1, 0.15) is 6.61 Å². The molecule has 0 spiro atoms. The monoisotopic (exact) mass is 477 g/mol. The van der Waals surface area contributed by atoms with Gasteiger partial charge in [-0.05, 0) is 65.7 Å². The van der Waals surface area contributed by atoms with Gasteiger partial charge in [-0.3, -0.25) is 14.7 Å². The number of ether oxygens (including phenoxy) is 2. The Morgan fingerprint density at radius 2 is 1.79 bits per heavy atom. The molecule has 8 heteroatoms. The molecule has 1 aromatic heterocycles. The first-order valence-corrected chi connectivity index (χ1v) is 11.4. The zero-order valence-corrected chi connectivity index (χ0v) is 20.2. The summed E-state index contributed by atoms with van der Waals surface area (Å²) in [5.74, 6) is 1.08. The number of thioether (sulfide) groups is 1. The van der Waals surface area contributed by atoms with Crippen molar-refractivity contribution in [1.82, 2.24) is 4.98 Å². The molecule has 1 aliphatic heterocycles. The zero-order valence-electron chi connectivity index (χ0n) is 18.5. The average molecular weight is 478 g/mol. The number of amides is 1. The van der Waals surface area contributed by atoms with Crippen molar-refractivity contribution in [2.24, 2.45) is 0 Å². The second-order valence-electron chi connectivity index (χ2n) is 7.48. The highest BCUT2D eigenvalue weighted by Gasteiger charge is 2.33. The fourth-order valence-electron chi connectivity index (χ4n) is 3.27. The average Bonchev–Trinajstić information content (AvgIpc) is 3.11. The van der Waals surface area contributed by atoms with Gasteiger partial charge in [0.25, 0.3) is 5.91 Å². The molecule has 2 aromatic carbocycles. The molecule has 3 aromatic rings. The molecule has 168 valence electrons. The lowest BCUT2D eigenvalue weighted by atomic mass is 10.1. The van der Waals surface area contributed by atoms with Gasteiger partial charge in [0.05, 0.1) is 17.7 Å². The van der Waals surface area contributed by atoms with E-state index in [1.807, 2.05) is 79.7 Å². The number of methoxy groups -OCH3 is 1. The van der Waals surface area contributed by atoms with Gasteiger partial charge in [-0.15, -0.1) is 0 Å². The lowest BCUT2D eigenvalue weighted by Gasteiger charge is -2.17. The Labute approximate surface area is 202 Å². The lowest BCUT2D eigenvalue weighted by molar-refractivity contribution is -0.113. The number of aromatic nitrogens is 1. The van der Waals surface area contributed by atoms with E-state index in [4.69, 9.17) is 21.7 Å². The minimum Gasteiger partial charge on any atom is -0.493 e. The van der Waals surface area contributed by atoms with Crippen LogP contribution in [0.5, 0.6) is 11.5 Å². The quantitative estimate of drug-likeness (QED) is 0.345. The molecule has 0 N–H and O–H groups in total. The van der Waals surface area contributed by atoms with Crippen LogP contribution in [0.2, 0.25) is 0 Å². The molecule has 1 fully saturated rings. The van der Waals surface area contributed by atoms with Crippen molar-refractivity contribution in [2.45, 2.75) is 6.61 Å². The van der Waals surface area contributed by atoms with E-state index in [1.165, 1.54) is 11.8 Å². The molecular formula is C25H23N3O3S2. The van der Waals surface area contributed by atoms with Crippen molar-refractivity contribution < 1.29 is 14.3 Å². The molecule has 0 radical (unpaired) electrons. The maximum absolute atomic E-state index is 13.1. The molecule has 1 aliphatic rings. The Balaban J connectivity index is 1.52. The predicted molar refractivity (Wildman–Crippen MR) is 138 cm³/mol. The van der Waals surface area contributed by atoms with Gasteiger partial charge in [-0.2, -0.15) is 0 Å². The predicted octanol–water partition coefficient (Wildman–Crippen LogP) is 5.14. The number of rotatable bonds is 7. The molecule has 6 nitrogen and oxygen atoms in total. The summed E-state index contributed by atoms with van der Waals surface area (Å²) >= 11 is 6.78. The normalized spacial score (nSPS) is 14.6. The van der Waals surface area contributed by atoms with Crippen molar-refractivity contribution >= 4 is 51.7 Å². The number of hydrogen-bond donors (Lipinski definition) is 0. The van der Waals surface area contributed by atoms with E-state index < -0.39 is 0 Å². The van der Waals surface area contributed by atoms with Crippen LogP contribution in [0.1, 0.15) is 11.1 Å². The third-order valence-electron chi connectivity index (χ3n) is 5.05. The SMILES string of the molecule is COc1cc(/C=C2/SC(=S)N(c3ccc(N(C)C)cc3)C2=O)ccc1OCc1ccncc1. The number of benzene rings is 2. The molecule has 0 saturated carbocycles. The van der Waals surface area contributed by atoms with E-state index in [1.54, 1.807) is 24.4 Å². The van der Waals surface area contributed by atoms with Crippen LogP contribution in [0, 0.1) is 0 Å². The topological polar surface area (TPSA) is 54.9 Å². The highest BCUT2D eigenvalue weighted by molar-refractivity contribution is 8.27. The molecule has 1 saturated heterocycles. The standard InChI is InChI=1S/C25H23N3O3S2/c1-27(2)19-5-7-20(8-6-19)28-24(29)23(33-25(28)32)15-18-4-9-21(22(14-18)30-3)31-16-17-10-12-26-13-11-17/h4-15H,16H2,1-3H3/b23-15+. The molecule has 0 unspecified atom stereocenters. The smallest absolute Gasteiger partial charge is 0.270 e. The van der Waals surface area contributed by atoms with Crippen molar-refractivity contribution in [2.75, 3.05) is 31.0 Å². The molecule has 1 amide bonds. The van der Waals surface area contributed by atoms with Crippen LogP contribution in [0.25, 0.3) is 6.08 Å². The van der Waals surface area contributed by atoms with Crippen molar-refractivity contribution in [3.63, 3.8) is 0 Å². The van der Waals surface area contributed by atoms with E-state index in [9.17, 15) is 4.79 Å². The maximum atomic E-state index is 13.1. The molecule has 0 atom stereocenters. The summed E-state index contributed by atoms with van der Waals surface area (Å²) in [6, 6.07) is 17.1. The Kier molecular flexibility index (Phi) is 6.96. The fraction of sp³-hybridized carbons (Fsp3) is 0.160. The van der Waals surface area contributed by atoms with E-state index in [0.717, 1.165) is 22.5 Å². The largest absolute Gasteiger partial charge is 0.493 e. The molecule has 0 aliphatic carbocycles. The van der Waals surface area contributed by atoms with Crippen LogP contribution in [0.4, 0.5) is 11.4 Å². The maximum Gasteiger partial charge on any atom is 0.270 e. The number of pyridine rings is 1. The highest BCUT2D eigenvalue weighted by atomic mass is 32.2. The summed E-state index contributed by atoms with van der Waals surface area (Å²) in [5, 5.41) is 0. The van der Waals surface area contributed by atoms with E-state index in [2.05, 4.69) is 4.98 Å². The second kappa shape index (κ2) is 10.1. The zero-order chi connectivity index (χ0) is 23.4. The molecule has 0 bridgehead atoms. The van der Waals surface area contributed by atoms with E-state index in [-0.39, 0.29) is 5.91 Å². The van der Waals surface area contributed by atoms with Crippen LogP contribution < -0.4 is 19.3 Å². The number of thiocarbonyl (C=S) groups is 1. The first-order chi connectivity index (χ1) is 16.0. The second-order valence-corrected chi connectivity index (χ2v) is 9.16. The van der Waals surface area contributed by atoms with Gasteiger partial charge < -0.3 is 14.4 Å². The van der Waals surface area contributed by atoms with Crippen molar-refractivity contribution in [3.8, 4) is 11.5 Å². The highest BCUT2D eigenvalue weighted by Crippen LogP contribution is 2.37. The third kappa shape index (κ3) is 5.18. The molecule has 4 rings (SSSR count). The first kappa shape index (κ1) is 22.8. The number of carbonyl (C=O) groups excluding carboxylic acids is 1. The van der Waals surface area contributed by atoms with Crippen LogP contribution >= 0.6 is 24.0 Å². The van der Waals surface area contributed by atoms with E-state index >= 15 is 0 Å². The van der Waals surface area contributed by atoms with Crippen LogP contribution in [-0.4, -0.2) is 36.4 Å². The summed E-state index contributed by atoms with van der Waals surface area (Å²) in [6.07, 6.45) is 5.28. The number of hydrogen-bond acceptors (Lipinski definition) is 7. The third-order valence-corrected chi connectivity index (χ3v) is 6.35. The summed E-state index contributed by atoms with van der Waals surface area (Å²) in [6.45, 7) is 0.406. The van der Waals surface area contributed by atoms with Crippen molar-refractivity contribution in [3.05, 3.63) is 83.0 Å². The van der Waals surface area contributed by atoms with E-state index in [0.29, 0.717) is 27.3 Å². The van der Waals surface area contributed by atoms with Gasteiger partial charge in [0, 0.05) is 32.2 Å². The Bertz CT molecular complexity index is 1200. The summed E-state index contributed by atoms with van der Waals surface area (Å²) < 4.78 is 11.9. The van der Waals surface area contributed by atoms with Crippen LogP contribution in [-0.2, 0) is 11.4 Å². The minimum absolute atomic E-state index is 0.139. The summed E-state index contributed by atoms with van der Waals surface area (Å²) in [5.41, 5.74) is 3.65. The van der Waals surface area contributed by atoms with Crippen LogP contribution in [0.15, 0.2) is 71.9 Å². The Hall–Kier alpha value is -3.36. The van der Waals surface area contributed by atoms with Gasteiger partial charge in [-0.1, -0.05) is 30.0 Å². The first-order valence-electron chi connectivity index (χ1n) is 10.2. The number of carbonyl (C=O) groups is 1. The van der Waals surface area contributed by atoms with Gasteiger partial charge in [0.2, 0.25) is 0 Å². The summed E-state index contributed by atoms with van der Waals surface area (Å²) in [4.78, 5) is 21.2. The minimum atomic E-state index is -0.139. The number of anilines is 2. The summed E-state index contributed by atoms with van der Waals surface area (Å²) in [7, 11) is 5.54. The Morgan fingerprint density at radius 3 is 2.45 bits per heavy atom. The number of nitrogens with zero attached hydrogens (tertiary/aromatic N) is 3. The van der Waals surface area contributed by atoms with Gasteiger partial charge >= 0.3 is 0 Å². The fourth-order valence-corrected chi connectivity index (χ4v) is 4.57. The molecule has 33 heavy (non-hydrogen) atoms. The Morgan fingerprint density at radius 1 is 1.06 bits per heavy atom. The van der Waals surface area contributed by atoms with Gasteiger partial charge in [-0.25, -0.2) is 0 Å². The van der Waals surface area contributed by atoms with Gasteiger partial charge in [0.15, 0.2) is 15.8 Å².